The number of hydrogen-bond donors (Lipinski definition) is 3. The highest BCUT2D eigenvalue weighted by Gasteiger charge is 2.68. The molecule has 1 aromatic rings. The normalized spacial score (nSPS) is 36.7. The van der Waals surface area contributed by atoms with Gasteiger partial charge in [-0.25, -0.2) is 0 Å². The first-order chi connectivity index (χ1) is 19.4. The molecule has 3 fully saturated rings. The van der Waals surface area contributed by atoms with Crippen molar-refractivity contribution in [3.8, 4) is 0 Å². The summed E-state index contributed by atoms with van der Waals surface area (Å²) in [6.45, 7) is 5.38. The van der Waals surface area contributed by atoms with Crippen molar-refractivity contribution in [3.05, 3.63) is 47.5 Å². The Hall–Kier alpha value is -2.84. The van der Waals surface area contributed by atoms with Crippen LogP contribution in [0.5, 0.6) is 0 Å². The number of benzene rings is 1. The van der Waals surface area contributed by atoms with Crippen LogP contribution in [0.15, 0.2) is 42.0 Å². The van der Waals surface area contributed by atoms with Gasteiger partial charge in [-0.2, -0.15) is 0 Å². The molecule has 8 heteroatoms. The number of carbonyl (C=O) groups excluding carboxylic acids is 4. The Bertz CT molecular complexity index is 1240. The maximum atomic E-state index is 13.4. The Balaban J connectivity index is 1.18. The fourth-order valence-electron chi connectivity index (χ4n) is 8.84. The van der Waals surface area contributed by atoms with E-state index in [-0.39, 0.29) is 66.6 Å². The van der Waals surface area contributed by atoms with Crippen molar-refractivity contribution < 1.29 is 34.1 Å². The van der Waals surface area contributed by atoms with E-state index in [0.29, 0.717) is 12.8 Å². The number of ether oxygens (including phenoxy) is 1. The second kappa shape index (κ2) is 11.1. The smallest absolute Gasteiger partial charge is 0.306 e. The number of aliphatic hydroxyl groups is 2. The molecule has 0 saturated heterocycles. The van der Waals surface area contributed by atoms with Crippen LogP contribution in [0.4, 0.5) is 0 Å². The number of esters is 1. The number of carbonyl (C=O) groups is 4. The standard InChI is InChI=1S/C33H43NO7/c1-20(21-7-5-4-6-8-21)34-28(38)11-12-29(39)41-19-27(37)33(40)16-14-25-24-10-9-22-17-23(35)13-15-31(22,2)30(24)26(36)18-32(25,33)3/h4-8,17,20,24-26,30,36,40H,9-16,18-19H2,1-3H3,(H,34,38)/t20-,24-,25+,26-,30-,31-,32-,33+/m0/s1. The van der Waals surface area contributed by atoms with Gasteiger partial charge in [-0.15, -0.1) is 0 Å². The highest BCUT2D eigenvalue weighted by atomic mass is 16.5. The van der Waals surface area contributed by atoms with Gasteiger partial charge < -0.3 is 20.3 Å². The van der Waals surface area contributed by atoms with Crippen molar-refractivity contribution >= 4 is 23.4 Å². The average Bonchev–Trinajstić information content (AvgIpc) is 3.21. The molecule has 8 atom stereocenters. The molecule has 41 heavy (non-hydrogen) atoms. The number of hydrogen-bond acceptors (Lipinski definition) is 7. The van der Waals surface area contributed by atoms with Crippen molar-refractivity contribution in [3.63, 3.8) is 0 Å². The van der Waals surface area contributed by atoms with Gasteiger partial charge in [0.1, 0.15) is 5.60 Å². The Morgan fingerprint density at radius 1 is 1.07 bits per heavy atom. The summed E-state index contributed by atoms with van der Waals surface area (Å²) in [5.74, 6) is -1.17. The summed E-state index contributed by atoms with van der Waals surface area (Å²) in [7, 11) is 0. The van der Waals surface area contributed by atoms with Crippen LogP contribution < -0.4 is 5.32 Å². The molecular weight excluding hydrogens is 522 g/mol. The van der Waals surface area contributed by atoms with Gasteiger partial charge >= 0.3 is 5.97 Å². The molecule has 4 aliphatic carbocycles. The second-order valence-electron chi connectivity index (χ2n) is 13.3. The number of fused-ring (bicyclic) bond motifs is 5. The van der Waals surface area contributed by atoms with Crippen molar-refractivity contribution in [1.29, 1.82) is 0 Å². The van der Waals surface area contributed by atoms with Gasteiger partial charge in [-0.1, -0.05) is 49.8 Å². The summed E-state index contributed by atoms with van der Waals surface area (Å²) < 4.78 is 5.25. The maximum absolute atomic E-state index is 13.4. The minimum atomic E-state index is -1.70. The SMILES string of the molecule is C[C@H](NC(=O)CCC(=O)OCC(=O)[C@]1(O)CC[C@@H]2[C@@H]3CCC4=CC(=O)CC[C@]4(C)[C@@H]3[C@@H](O)C[C@@]21C)c1ccccc1. The molecule has 0 aromatic heterocycles. The third-order valence-corrected chi connectivity index (χ3v) is 11.1. The van der Waals surface area contributed by atoms with Crippen LogP contribution >= 0.6 is 0 Å². The maximum Gasteiger partial charge on any atom is 0.306 e. The molecule has 0 unspecified atom stereocenters. The van der Waals surface area contributed by atoms with E-state index in [1.54, 1.807) is 6.08 Å². The quantitative estimate of drug-likeness (QED) is 0.407. The van der Waals surface area contributed by atoms with Gasteiger partial charge in [-0.3, -0.25) is 19.2 Å². The molecule has 8 nitrogen and oxygen atoms in total. The van der Waals surface area contributed by atoms with E-state index in [4.69, 9.17) is 4.74 Å². The van der Waals surface area contributed by atoms with E-state index in [0.717, 1.165) is 30.4 Å². The number of rotatable bonds is 8. The average molecular weight is 566 g/mol. The molecule has 0 spiro atoms. The van der Waals surface area contributed by atoms with E-state index in [9.17, 15) is 29.4 Å². The fourth-order valence-corrected chi connectivity index (χ4v) is 8.84. The van der Waals surface area contributed by atoms with Crippen LogP contribution in [0.25, 0.3) is 0 Å². The zero-order valence-corrected chi connectivity index (χ0v) is 24.4. The van der Waals surface area contributed by atoms with Crippen LogP contribution in [0, 0.1) is 28.6 Å². The third kappa shape index (κ3) is 5.18. The Morgan fingerprint density at radius 2 is 1.80 bits per heavy atom. The summed E-state index contributed by atoms with van der Waals surface area (Å²) in [6, 6.07) is 9.30. The predicted octanol–water partition coefficient (Wildman–Crippen LogP) is 3.99. The zero-order valence-electron chi connectivity index (χ0n) is 24.4. The molecule has 0 bridgehead atoms. The monoisotopic (exact) mass is 565 g/mol. The van der Waals surface area contributed by atoms with Crippen molar-refractivity contribution in [2.24, 2.45) is 28.6 Å². The summed E-state index contributed by atoms with van der Waals surface area (Å²) >= 11 is 0. The lowest BCUT2D eigenvalue weighted by Gasteiger charge is -2.60. The summed E-state index contributed by atoms with van der Waals surface area (Å²) in [5, 5.41) is 26.2. The first-order valence-corrected chi connectivity index (χ1v) is 15.1. The van der Waals surface area contributed by atoms with Crippen LogP contribution in [-0.4, -0.2) is 52.0 Å². The van der Waals surface area contributed by atoms with Crippen LogP contribution in [0.3, 0.4) is 0 Å². The Kier molecular flexibility index (Phi) is 8.03. The zero-order chi connectivity index (χ0) is 29.6. The Morgan fingerprint density at radius 3 is 2.54 bits per heavy atom. The van der Waals surface area contributed by atoms with E-state index < -0.39 is 35.5 Å². The molecule has 1 aromatic carbocycles. The van der Waals surface area contributed by atoms with Crippen LogP contribution in [-0.2, 0) is 23.9 Å². The molecule has 3 N–H and O–H groups in total. The minimum Gasteiger partial charge on any atom is -0.458 e. The highest BCUT2D eigenvalue weighted by molar-refractivity contribution is 5.92. The molecule has 0 radical (unpaired) electrons. The molecule has 222 valence electrons. The van der Waals surface area contributed by atoms with E-state index in [1.807, 2.05) is 44.2 Å². The summed E-state index contributed by atoms with van der Waals surface area (Å²) in [4.78, 5) is 50.3. The summed E-state index contributed by atoms with van der Waals surface area (Å²) in [6.07, 6.45) is 4.88. The Labute approximate surface area is 241 Å². The number of ketones is 2. The molecule has 4 aliphatic rings. The number of aliphatic hydroxyl groups excluding tert-OH is 1. The van der Waals surface area contributed by atoms with Crippen LogP contribution in [0.2, 0.25) is 0 Å². The summed E-state index contributed by atoms with van der Waals surface area (Å²) in [5.41, 5.74) is -0.698. The molecule has 3 saturated carbocycles. The lowest BCUT2D eigenvalue weighted by atomic mass is 9.45. The topological polar surface area (TPSA) is 130 Å². The first-order valence-electron chi connectivity index (χ1n) is 15.1. The van der Waals surface area contributed by atoms with Gasteiger partial charge in [0.2, 0.25) is 11.7 Å². The van der Waals surface area contributed by atoms with Gasteiger partial charge in [0.05, 0.1) is 18.6 Å². The number of amides is 1. The highest BCUT2D eigenvalue weighted by Crippen LogP contribution is 2.67. The van der Waals surface area contributed by atoms with Crippen molar-refractivity contribution in [2.45, 2.75) is 96.3 Å². The molecule has 0 heterocycles. The number of Topliss-reactive ketones (excluding diaryl/α,β-unsaturated/α-hetero) is 1. The van der Waals surface area contributed by atoms with Crippen molar-refractivity contribution in [2.75, 3.05) is 6.61 Å². The third-order valence-electron chi connectivity index (χ3n) is 11.1. The predicted molar refractivity (Wildman–Crippen MR) is 151 cm³/mol. The minimum absolute atomic E-state index is 0.0142. The van der Waals surface area contributed by atoms with Gasteiger partial charge in [0, 0.05) is 18.3 Å². The lowest BCUT2D eigenvalue weighted by Crippen LogP contribution is -2.62. The fraction of sp³-hybridized carbons (Fsp3) is 0.636. The van der Waals surface area contributed by atoms with Gasteiger partial charge in [-0.05, 0) is 80.3 Å². The van der Waals surface area contributed by atoms with Gasteiger partial charge in [0.25, 0.3) is 0 Å². The van der Waals surface area contributed by atoms with E-state index in [1.165, 1.54) is 0 Å². The molecule has 0 aliphatic heterocycles. The second-order valence-corrected chi connectivity index (χ2v) is 13.3. The van der Waals surface area contributed by atoms with E-state index >= 15 is 0 Å². The molecule has 1 amide bonds. The molecular formula is C33H43NO7. The molecule has 5 rings (SSSR count). The first kappa shape index (κ1) is 29.6. The van der Waals surface area contributed by atoms with E-state index in [2.05, 4.69) is 12.2 Å². The van der Waals surface area contributed by atoms with Crippen molar-refractivity contribution in [1.82, 2.24) is 5.32 Å². The van der Waals surface area contributed by atoms with Gasteiger partial charge in [0.15, 0.2) is 12.4 Å². The lowest BCUT2D eigenvalue weighted by molar-refractivity contribution is -0.184. The van der Waals surface area contributed by atoms with Crippen LogP contribution in [0.1, 0.15) is 90.2 Å². The number of nitrogens with one attached hydrogen (secondary N) is 1. The number of allylic oxidation sites excluding steroid dienone is 1. The largest absolute Gasteiger partial charge is 0.458 e.